The molecule has 3 rings (SSSR count). The Morgan fingerprint density at radius 3 is 3.05 bits per heavy atom. The van der Waals surface area contributed by atoms with Gasteiger partial charge in [0.1, 0.15) is 0 Å². The molecule has 2 aliphatic heterocycles. The molecule has 2 aliphatic rings. The topological polar surface area (TPSA) is 65.5 Å². The Morgan fingerprint density at radius 2 is 2.32 bits per heavy atom. The second-order valence-corrected chi connectivity index (χ2v) is 6.63. The van der Waals surface area contributed by atoms with Crippen LogP contribution in [0.5, 0.6) is 0 Å². The van der Waals surface area contributed by atoms with Gasteiger partial charge in [-0.3, -0.25) is 0 Å². The first-order chi connectivity index (χ1) is 9.13. The van der Waals surface area contributed by atoms with Crippen molar-refractivity contribution in [1.29, 1.82) is 0 Å². The highest BCUT2D eigenvalue weighted by molar-refractivity contribution is 7.15. The van der Waals surface area contributed by atoms with E-state index in [0.717, 1.165) is 29.4 Å². The molecule has 0 aromatic carbocycles. The number of nitrogens with zero attached hydrogens (tertiary/aromatic N) is 2. The van der Waals surface area contributed by atoms with Crippen LogP contribution in [0.3, 0.4) is 0 Å². The number of carboxylic acids is 1. The number of rotatable bonds is 3. The summed E-state index contributed by atoms with van der Waals surface area (Å²) >= 11 is 1.44. The molecule has 0 spiro atoms. The predicted octanol–water partition coefficient (Wildman–Crippen LogP) is 2.19. The van der Waals surface area contributed by atoms with Crippen LogP contribution in [0.4, 0.5) is 5.13 Å². The summed E-state index contributed by atoms with van der Waals surface area (Å²) in [6.07, 6.45) is 4.89. The summed E-state index contributed by atoms with van der Waals surface area (Å²) in [5, 5.41) is 13.2. The molecule has 0 radical (unpaired) electrons. The summed E-state index contributed by atoms with van der Waals surface area (Å²) in [5.74, 6) is -0.938. The van der Waals surface area contributed by atoms with Crippen LogP contribution in [-0.4, -0.2) is 46.1 Å². The van der Waals surface area contributed by atoms with Crippen LogP contribution < -0.4 is 5.32 Å². The fourth-order valence-electron chi connectivity index (χ4n) is 3.19. The number of hydrogen-bond acceptors (Lipinski definition) is 5. The zero-order valence-corrected chi connectivity index (χ0v) is 11.9. The van der Waals surface area contributed by atoms with E-state index < -0.39 is 5.97 Å². The number of nitrogens with one attached hydrogen (secondary N) is 1. The molecule has 2 unspecified atom stereocenters. The number of carboxylic acid groups (broad SMARTS) is 1. The van der Waals surface area contributed by atoms with E-state index in [0.29, 0.717) is 12.1 Å². The number of hydrogen-bond donors (Lipinski definition) is 2. The summed E-state index contributed by atoms with van der Waals surface area (Å²) in [5.41, 5.74) is 0.186. The van der Waals surface area contributed by atoms with Gasteiger partial charge in [-0.2, -0.15) is 0 Å². The van der Waals surface area contributed by atoms with E-state index in [1.165, 1.54) is 30.7 Å². The maximum absolute atomic E-state index is 11.0. The number of thiazole rings is 1. The standard InChI is InChI=1S/C13H19N3O2S/c1-8-11(12(17)18)15-13(19-8)14-9-4-6-16-5-2-3-10(16)7-9/h9-10H,2-7H2,1H3,(H,14,15)(H,17,18). The summed E-state index contributed by atoms with van der Waals surface area (Å²) < 4.78 is 0. The minimum absolute atomic E-state index is 0.186. The average molecular weight is 281 g/mol. The van der Waals surface area contributed by atoms with Gasteiger partial charge in [-0.05, 0) is 39.2 Å². The van der Waals surface area contributed by atoms with Crippen molar-refractivity contribution in [3.05, 3.63) is 10.6 Å². The lowest BCUT2D eigenvalue weighted by molar-refractivity contribution is 0.0690. The fourth-order valence-corrected chi connectivity index (χ4v) is 4.07. The molecule has 5 nitrogen and oxygen atoms in total. The van der Waals surface area contributed by atoms with Crippen molar-refractivity contribution in [2.45, 2.75) is 44.7 Å². The van der Waals surface area contributed by atoms with Crippen LogP contribution in [0.25, 0.3) is 0 Å². The van der Waals surface area contributed by atoms with E-state index in [9.17, 15) is 4.79 Å². The van der Waals surface area contributed by atoms with E-state index in [-0.39, 0.29) is 5.69 Å². The van der Waals surface area contributed by atoms with Gasteiger partial charge in [0, 0.05) is 23.5 Å². The van der Waals surface area contributed by atoms with Crippen LogP contribution in [-0.2, 0) is 0 Å². The Kier molecular flexibility index (Phi) is 3.45. The number of aryl methyl sites for hydroxylation is 1. The lowest BCUT2D eigenvalue weighted by atomic mass is 9.98. The molecule has 1 aromatic heterocycles. The number of piperidine rings is 1. The summed E-state index contributed by atoms with van der Waals surface area (Å²) in [4.78, 5) is 18.5. The fraction of sp³-hybridized carbons (Fsp3) is 0.692. The number of carbonyl (C=O) groups is 1. The smallest absolute Gasteiger partial charge is 0.355 e. The molecule has 0 aliphatic carbocycles. The van der Waals surface area contributed by atoms with Gasteiger partial charge in [-0.15, -0.1) is 11.3 Å². The third kappa shape index (κ3) is 2.60. The third-order valence-electron chi connectivity index (χ3n) is 4.15. The second-order valence-electron chi connectivity index (χ2n) is 5.43. The Hall–Kier alpha value is -1.14. The van der Waals surface area contributed by atoms with Crippen molar-refractivity contribution in [3.63, 3.8) is 0 Å². The van der Waals surface area contributed by atoms with E-state index >= 15 is 0 Å². The van der Waals surface area contributed by atoms with Gasteiger partial charge in [0.2, 0.25) is 0 Å². The first kappa shape index (κ1) is 12.9. The molecule has 2 N–H and O–H groups in total. The second kappa shape index (κ2) is 5.09. The molecule has 19 heavy (non-hydrogen) atoms. The van der Waals surface area contributed by atoms with Gasteiger partial charge in [0.15, 0.2) is 10.8 Å². The largest absolute Gasteiger partial charge is 0.476 e. The van der Waals surface area contributed by atoms with Gasteiger partial charge in [0.25, 0.3) is 0 Å². The molecule has 2 saturated heterocycles. The van der Waals surface area contributed by atoms with Crippen molar-refractivity contribution in [2.75, 3.05) is 18.4 Å². The quantitative estimate of drug-likeness (QED) is 0.889. The molecule has 0 bridgehead atoms. The van der Waals surface area contributed by atoms with Crippen molar-refractivity contribution in [2.24, 2.45) is 0 Å². The van der Waals surface area contributed by atoms with Gasteiger partial charge in [-0.25, -0.2) is 9.78 Å². The zero-order valence-electron chi connectivity index (χ0n) is 11.1. The van der Waals surface area contributed by atoms with Gasteiger partial charge in [0.05, 0.1) is 0 Å². The number of fused-ring (bicyclic) bond motifs is 1. The van der Waals surface area contributed by atoms with Gasteiger partial charge >= 0.3 is 5.97 Å². The van der Waals surface area contributed by atoms with E-state index in [4.69, 9.17) is 5.11 Å². The zero-order chi connectivity index (χ0) is 13.4. The molecule has 0 amide bonds. The first-order valence-corrected chi connectivity index (χ1v) is 7.66. The predicted molar refractivity (Wildman–Crippen MR) is 75.1 cm³/mol. The van der Waals surface area contributed by atoms with E-state index in [1.807, 2.05) is 6.92 Å². The molecule has 0 saturated carbocycles. The third-order valence-corrected chi connectivity index (χ3v) is 5.05. The molecule has 104 valence electrons. The Labute approximate surface area is 116 Å². The Balaban J connectivity index is 1.65. The summed E-state index contributed by atoms with van der Waals surface area (Å²) in [6.45, 7) is 4.21. The average Bonchev–Trinajstić information content (AvgIpc) is 2.95. The van der Waals surface area contributed by atoms with Gasteiger partial charge < -0.3 is 15.3 Å². The lowest BCUT2D eigenvalue weighted by Gasteiger charge is -2.35. The molecule has 2 atom stereocenters. The highest BCUT2D eigenvalue weighted by Gasteiger charge is 2.32. The highest BCUT2D eigenvalue weighted by atomic mass is 32.1. The van der Waals surface area contributed by atoms with Crippen LogP contribution in [0, 0.1) is 6.92 Å². The molecular weight excluding hydrogens is 262 g/mol. The number of anilines is 1. The molecule has 2 fully saturated rings. The monoisotopic (exact) mass is 281 g/mol. The van der Waals surface area contributed by atoms with E-state index in [1.54, 1.807) is 0 Å². The van der Waals surface area contributed by atoms with Crippen LogP contribution >= 0.6 is 11.3 Å². The Morgan fingerprint density at radius 1 is 1.47 bits per heavy atom. The maximum atomic E-state index is 11.0. The molecular formula is C13H19N3O2S. The first-order valence-electron chi connectivity index (χ1n) is 6.85. The molecule has 6 heteroatoms. The SMILES string of the molecule is Cc1sc(NC2CCN3CCCC3C2)nc1C(=O)O. The van der Waals surface area contributed by atoms with Crippen LogP contribution in [0.1, 0.15) is 41.0 Å². The van der Waals surface area contributed by atoms with E-state index in [2.05, 4.69) is 15.2 Å². The Bertz CT molecular complexity index is 488. The minimum Gasteiger partial charge on any atom is -0.476 e. The molecule has 1 aromatic rings. The summed E-state index contributed by atoms with van der Waals surface area (Å²) in [6, 6.07) is 1.15. The van der Waals surface area contributed by atoms with Crippen molar-refractivity contribution < 1.29 is 9.90 Å². The van der Waals surface area contributed by atoms with Gasteiger partial charge in [-0.1, -0.05) is 0 Å². The molecule has 3 heterocycles. The van der Waals surface area contributed by atoms with Crippen molar-refractivity contribution in [1.82, 2.24) is 9.88 Å². The lowest BCUT2D eigenvalue weighted by Crippen LogP contribution is -2.42. The van der Waals surface area contributed by atoms with Crippen molar-refractivity contribution >= 4 is 22.4 Å². The highest BCUT2D eigenvalue weighted by Crippen LogP contribution is 2.30. The summed E-state index contributed by atoms with van der Waals surface area (Å²) in [7, 11) is 0. The maximum Gasteiger partial charge on any atom is 0.355 e. The normalized spacial score (nSPS) is 27.2. The number of aromatic carboxylic acids is 1. The number of aromatic nitrogens is 1. The van der Waals surface area contributed by atoms with Crippen LogP contribution in [0.2, 0.25) is 0 Å². The van der Waals surface area contributed by atoms with Crippen molar-refractivity contribution in [3.8, 4) is 0 Å². The minimum atomic E-state index is -0.938. The van der Waals surface area contributed by atoms with Crippen LogP contribution in [0.15, 0.2) is 0 Å².